The van der Waals surface area contributed by atoms with Crippen LogP contribution < -0.4 is 4.72 Å². The summed E-state index contributed by atoms with van der Waals surface area (Å²) in [5.74, 6) is 0. The molecule has 4 heteroatoms. The van der Waals surface area contributed by atoms with E-state index in [1.165, 1.54) is 7.05 Å². The lowest BCUT2D eigenvalue weighted by atomic mass is 10.1. The summed E-state index contributed by atoms with van der Waals surface area (Å²) in [6, 6.07) is 0. The Kier molecular flexibility index (Phi) is 2.86. The van der Waals surface area contributed by atoms with E-state index in [2.05, 4.69) is 4.72 Å². The highest BCUT2D eigenvalue weighted by Crippen LogP contribution is 2.17. The largest absolute Gasteiger partial charge is 0.218 e. The molecule has 3 nitrogen and oxygen atoms in total. The fraction of sp³-hybridized carbons (Fsp3) is 1.00. The van der Waals surface area contributed by atoms with E-state index in [1.807, 2.05) is 6.92 Å². The minimum Gasteiger partial charge on any atom is -0.218 e. The van der Waals surface area contributed by atoms with Gasteiger partial charge in [-0.15, -0.1) is 0 Å². The Morgan fingerprint density at radius 3 is 1.90 bits per heavy atom. The van der Waals surface area contributed by atoms with Crippen LogP contribution in [0.1, 0.15) is 27.2 Å². The van der Waals surface area contributed by atoms with Crippen molar-refractivity contribution in [1.29, 1.82) is 0 Å². The Morgan fingerprint density at radius 1 is 1.40 bits per heavy atom. The van der Waals surface area contributed by atoms with Gasteiger partial charge in [0.1, 0.15) is 0 Å². The maximum atomic E-state index is 11.1. The highest BCUT2D eigenvalue weighted by Gasteiger charge is 2.30. The normalized spacial score (nSPS) is 13.6. The molecule has 0 spiro atoms. The number of hydrogen-bond acceptors (Lipinski definition) is 2. The van der Waals surface area contributed by atoms with Gasteiger partial charge in [-0.25, -0.2) is 13.1 Å². The van der Waals surface area contributed by atoms with Crippen LogP contribution in [0.5, 0.6) is 0 Å². The first-order chi connectivity index (χ1) is 4.37. The fourth-order valence-electron chi connectivity index (χ4n) is 0.466. The summed E-state index contributed by atoms with van der Waals surface area (Å²) in [5.41, 5.74) is 0. The van der Waals surface area contributed by atoms with Gasteiger partial charge in [-0.1, -0.05) is 6.92 Å². The van der Waals surface area contributed by atoms with Crippen molar-refractivity contribution in [1.82, 2.24) is 4.72 Å². The van der Waals surface area contributed by atoms with Gasteiger partial charge in [-0.3, -0.25) is 0 Å². The van der Waals surface area contributed by atoms with E-state index in [-0.39, 0.29) is 0 Å². The van der Waals surface area contributed by atoms with Crippen LogP contribution in [-0.4, -0.2) is 20.2 Å². The number of sulfonamides is 1. The van der Waals surface area contributed by atoms with Gasteiger partial charge in [-0.2, -0.15) is 0 Å². The van der Waals surface area contributed by atoms with Crippen molar-refractivity contribution in [2.75, 3.05) is 7.05 Å². The van der Waals surface area contributed by atoms with Crippen LogP contribution >= 0.6 is 0 Å². The first-order valence-corrected chi connectivity index (χ1v) is 4.79. The van der Waals surface area contributed by atoms with Gasteiger partial charge >= 0.3 is 0 Å². The zero-order valence-electron chi connectivity index (χ0n) is 6.93. The van der Waals surface area contributed by atoms with E-state index in [0.29, 0.717) is 6.42 Å². The molecule has 0 bridgehead atoms. The van der Waals surface area contributed by atoms with Gasteiger partial charge in [0.25, 0.3) is 0 Å². The Hall–Kier alpha value is -0.0900. The molecule has 0 amide bonds. The quantitative estimate of drug-likeness (QED) is 0.670. The summed E-state index contributed by atoms with van der Waals surface area (Å²) < 4.78 is 23.9. The van der Waals surface area contributed by atoms with Crippen LogP contribution in [0.3, 0.4) is 0 Å². The minimum absolute atomic E-state index is 0.621. The Balaban J connectivity index is 4.64. The van der Waals surface area contributed by atoms with E-state index in [1.54, 1.807) is 13.8 Å². The lowest BCUT2D eigenvalue weighted by Crippen LogP contribution is -2.39. The lowest BCUT2D eigenvalue weighted by Gasteiger charge is -2.21. The summed E-state index contributed by atoms with van der Waals surface area (Å²) in [6.45, 7) is 5.27. The first kappa shape index (κ1) is 9.91. The van der Waals surface area contributed by atoms with Crippen LogP contribution in [0.25, 0.3) is 0 Å². The molecule has 0 aromatic rings. The van der Waals surface area contributed by atoms with Gasteiger partial charge in [0, 0.05) is 0 Å². The van der Waals surface area contributed by atoms with Crippen molar-refractivity contribution in [3.63, 3.8) is 0 Å². The molecule has 0 radical (unpaired) electrons. The number of nitrogens with one attached hydrogen (secondary N) is 1. The Morgan fingerprint density at radius 2 is 1.80 bits per heavy atom. The van der Waals surface area contributed by atoms with E-state index >= 15 is 0 Å². The third-order valence-corrected chi connectivity index (χ3v) is 4.13. The van der Waals surface area contributed by atoms with Crippen LogP contribution in [0, 0.1) is 0 Å². The highest BCUT2D eigenvalue weighted by molar-refractivity contribution is 7.90. The molecule has 0 aromatic carbocycles. The number of hydrogen-bond donors (Lipinski definition) is 1. The average Bonchev–Trinajstić information content (AvgIpc) is 1.88. The lowest BCUT2D eigenvalue weighted by molar-refractivity contribution is 0.530. The molecule has 10 heavy (non-hydrogen) atoms. The van der Waals surface area contributed by atoms with E-state index in [4.69, 9.17) is 0 Å². The molecule has 0 aromatic heterocycles. The standard InChI is InChI=1S/C6H15NO2S/c1-5-6(2,3)10(8,9)7-4/h7H,5H2,1-4H3. The third kappa shape index (κ3) is 1.70. The van der Waals surface area contributed by atoms with Crippen molar-refractivity contribution in [3.05, 3.63) is 0 Å². The maximum Gasteiger partial charge on any atom is 0.216 e. The van der Waals surface area contributed by atoms with Gasteiger partial charge in [-0.05, 0) is 27.3 Å². The summed E-state index contributed by atoms with van der Waals surface area (Å²) in [6.07, 6.45) is 0.621. The molecule has 0 saturated heterocycles. The molecule has 0 atom stereocenters. The van der Waals surface area contributed by atoms with Crippen molar-refractivity contribution in [2.45, 2.75) is 31.9 Å². The Bertz CT molecular complexity index is 194. The Labute approximate surface area is 62.9 Å². The maximum absolute atomic E-state index is 11.1. The molecular weight excluding hydrogens is 150 g/mol. The smallest absolute Gasteiger partial charge is 0.216 e. The average molecular weight is 165 g/mol. The molecule has 0 saturated carbocycles. The predicted octanol–water partition coefficient (Wildman–Crippen LogP) is 0.724. The molecule has 0 aliphatic carbocycles. The van der Waals surface area contributed by atoms with Crippen LogP contribution in [0.2, 0.25) is 0 Å². The van der Waals surface area contributed by atoms with E-state index in [0.717, 1.165) is 0 Å². The second kappa shape index (κ2) is 2.88. The molecule has 0 fully saturated rings. The zero-order chi connectivity index (χ0) is 8.41. The van der Waals surface area contributed by atoms with Crippen molar-refractivity contribution in [2.24, 2.45) is 0 Å². The SMILES string of the molecule is CCC(C)(C)S(=O)(=O)NC. The summed E-state index contributed by atoms with van der Waals surface area (Å²) >= 11 is 0. The zero-order valence-corrected chi connectivity index (χ0v) is 7.75. The van der Waals surface area contributed by atoms with Gasteiger partial charge in [0.05, 0.1) is 4.75 Å². The first-order valence-electron chi connectivity index (χ1n) is 3.30. The van der Waals surface area contributed by atoms with Crippen molar-refractivity contribution >= 4 is 10.0 Å². The molecule has 0 aliphatic heterocycles. The van der Waals surface area contributed by atoms with E-state index < -0.39 is 14.8 Å². The van der Waals surface area contributed by atoms with Crippen molar-refractivity contribution in [3.8, 4) is 0 Å². The van der Waals surface area contributed by atoms with Gasteiger partial charge < -0.3 is 0 Å². The molecule has 0 heterocycles. The number of rotatable bonds is 3. The van der Waals surface area contributed by atoms with Crippen molar-refractivity contribution < 1.29 is 8.42 Å². The van der Waals surface area contributed by atoms with Gasteiger partial charge in [0.2, 0.25) is 10.0 Å². The van der Waals surface area contributed by atoms with Crippen LogP contribution in [0.4, 0.5) is 0 Å². The molecular formula is C6H15NO2S. The van der Waals surface area contributed by atoms with Crippen LogP contribution in [0.15, 0.2) is 0 Å². The summed E-state index contributed by atoms with van der Waals surface area (Å²) in [7, 11) is -1.66. The minimum atomic E-state index is -3.10. The van der Waals surface area contributed by atoms with Gasteiger partial charge in [0.15, 0.2) is 0 Å². The molecule has 62 valence electrons. The molecule has 1 N–H and O–H groups in total. The molecule has 0 aliphatic rings. The predicted molar refractivity (Wildman–Crippen MR) is 42.3 cm³/mol. The third-order valence-electron chi connectivity index (χ3n) is 1.85. The molecule has 0 rings (SSSR count). The topological polar surface area (TPSA) is 46.2 Å². The summed E-state index contributed by atoms with van der Waals surface area (Å²) in [4.78, 5) is 0. The van der Waals surface area contributed by atoms with E-state index in [9.17, 15) is 8.42 Å². The second-order valence-corrected chi connectivity index (χ2v) is 5.34. The molecule has 0 unspecified atom stereocenters. The fourth-order valence-corrected chi connectivity index (χ4v) is 1.40. The second-order valence-electron chi connectivity index (χ2n) is 2.82. The summed E-state index contributed by atoms with van der Waals surface area (Å²) in [5, 5.41) is 0. The highest BCUT2D eigenvalue weighted by atomic mass is 32.2. The monoisotopic (exact) mass is 165 g/mol. The van der Waals surface area contributed by atoms with Crippen LogP contribution in [-0.2, 0) is 10.0 Å².